The van der Waals surface area contributed by atoms with Gasteiger partial charge in [0.2, 0.25) is 0 Å². The van der Waals surface area contributed by atoms with Crippen LogP contribution in [-0.4, -0.2) is 19.9 Å². The predicted octanol–water partition coefficient (Wildman–Crippen LogP) is 4.08. The number of aromatic amines is 4. The lowest BCUT2D eigenvalue weighted by Crippen LogP contribution is -2.16. The van der Waals surface area contributed by atoms with Gasteiger partial charge in [0.25, 0.3) is 0 Å². The van der Waals surface area contributed by atoms with Gasteiger partial charge in [0.05, 0.1) is 0 Å². The maximum atomic E-state index is 3.67. The van der Waals surface area contributed by atoms with Crippen LogP contribution in [0.2, 0.25) is 0 Å². The van der Waals surface area contributed by atoms with Crippen LogP contribution in [0.3, 0.4) is 0 Å². The van der Waals surface area contributed by atoms with Crippen LogP contribution >= 0.6 is 0 Å². The molecular weight excluding hydrogens is 464 g/mol. The van der Waals surface area contributed by atoms with Gasteiger partial charge >= 0.3 is 0 Å². The number of aromatic nitrogens is 4. The van der Waals surface area contributed by atoms with E-state index in [1.165, 1.54) is 22.3 Å². The van der Waals surface area contributed by atoms with E-state index in [0.717, 1.165) is 55.3 Å². The molecule has 0 amide bonds. The summed E-state index contributed by atoms with van der Waals surface area (Å²) in [6, 6.07) is 34.3. The lowest BCUT2D eigenvalue weighted by Gasteiger charge is -2.09. The molecule has 184 valence electrons. The monoisotopic (exact) mass is 492 g/mol. The summed E-state index contributed by atoms with van der Waals surface area (Å²) in [5, 5.41) is 4.24. The molecule has 0 saturated heterocycles. The van der Waals surface area contributed by atoms with Gasteiger partial charge in [-0.15, -0.1) is 0 Å². The highest BCUT2D eigenvalue weighted by Gasteiger charge is 2.14. The number of rotatable bonds is 2. The van der Waals surface area contributed by atoms with Crippen molar-refractivity contribution >= 4 is 23.3 Å². The first-order valence-corrected chi connectivity index (χ1v) is 13.0. The summed E-state index contributed by atoms with van der Waals surface area (Å²) in [6.07, 6.45) is 4.33. The van der Waals surface area contributed by atoms with Gasteiger partial charge in [-0.25, -0.2) is 0 Å². The molecule has 4 nitrogen and oxygen atoms in total. The largest absolute Gasteiger partial charge is 0.355 e. The van der Waals surface area contributed by atoms with Crippen LogP contribution in [-0.2, 0) is 0 Å². The molecule has 5 heterocycles. The lowest BCUT2D eigenvalue weighted by molar-refractivity contribution is 1.20. The van der Waals surface area contributed by atoms with E-state index in [9.17, 15) is 0 Å². The van der Waals surface area contributed by atoms with E-state index in [2.05, 4.69) is 143 Å². The molecule has 4 aromatic heterocycles. The molecule has 0 unspecified atom stereocenters. The van der Waals surface area contributed by atoms with E-state index < -0.39 is 0 Å². The Kier molecular flexibility index (Phi) is 5.19. The smallest absolute Gasteiger partial charge is 0.0485 e. The van der Waals surface area contributed by atoms with Gasteiger partial charge in [-0.1, -0.05) is 48.5 Å². The third-order valence-corrected chi connectivity index (χ3v) is 7.36. The predicted molar refractivity (Wildman–Crippen MR) is 154 cm³/mol. The number of benzene rings is 2. The molecule has 6 aromatic rings. The Hall–Kier alpha value is -4.96. The minimum Gasteiger partial charge on any atom is -0.355 e. The van der Waals surface area contributed by atoms with Crippen molar-refractivity contribution in [3.05, 3.63) is 163 Å². The van der Waals surface area contributed by atoms with Crippen molar-refractivity contribution in [3.63, 3.8) is 0 Å². The van der Waals surface area contributed by atoms with Gasteiger partial charge in [-0.3, -0.25) is 0 Å². The summed E-state index contributed by atoms with van der Waals surface area (Å²) in [4.78, 5) is 14.7. The summed E-state index contributed by atoms with van der Waals surface area (Å²) in [5.74, 6) is 0. The zero-order valence-corrected chi connectivity index (χ0v) is 21.4. The van der Waals surface area contributed by atoms with Gasteiger partial charge in [-0.05, 0) is 96.8 Å². The normalized spacial score (nSPS) is 12.8. The van der Waals surface area contributed by atoms with E-state index >= 15 is 0 Å². The molecular formula is C34H28N4. The SMILES string of the molecule is Cc1ccccc1C1=c2ccc([nH]2)=Cc2ccc([nH]2)C(c2ccccc2C)=c2ccc([nH]2)=Cc2ccc1[nH]2. The fourth-order valence-electron chi connectivity index (χ4n) is 5.48. The Balaban J connectivity index is 1.55. The third-order valence-electron chi connectivity index (χ3n) is 7.36. The van der Waals surface area contributed by atoms with Crippen molar-refractivity contribution in [1.82, 2.24) is 19.9 Å². The van der Waals surface area contributed by atoms with Gasteiger partial charge in [0.1, 0.15) is 0 Å². The highest BCUT2D eigenvalue weighted by molar-refractivity contribution is 5.80. The molecule has 0 aliphatic carbocycles. The molecule has 38 heavy (non-hydrogen) atoms. The minimum absolute atomic E-state index is 1.05. The Morgan fingerprint density at radius 2 is 0.868 bits per heavy atom. The van der Waals surface area contributed by atoms with Crippen LogP contribution in [0.4, 0.5) is 0 Å². The lowest BCUT2D eigenvalue weighted by atomic mass is 9.98. The quantitative estimate of drug-likeness (QED) is 0.281. The van der Waals surface area contributed by atoms with Crippen LogP contribution < -0.4 is 21.4 Å². The first-order chi connectivity index (χ1) is 18.6. The number of hydrogen-bond acceptors (Lipinski definition) is 0. The van der Waals surface area contributed by atoms with Crippen LogP contribution in [0.25, 0.3) is 23.3 Å². The Bertz CT molecular complexity index is 1910. The molecule has 1 aliphatic rings. The highest BCUT2D eigenvalue weighted by Crippen LogP contribution is 2.25. The summed E-state index contributed by atoms with van der Waals surface area (Å²) in [7, 11) is 0. The summed E-state index contributed by atoms with van der Waals surface area (Å²) in [6.45, 7) is 4.33. The molecule has 4 heteroatoms. The molecule has 4 N–H and O–H groups in total. The fourth-order valence-corrected chi connectivity index (χ4v) is 5.48. The Morgan fingerprint density at radius 1 is 0.421 bits per heavy atom. The van der Waals surface area contributed by atoms with Crippen molar-refractivity contribution in [2.45, 2.75) is 13.8 Å². The summed E-state index contributed by atoms with van der Waals surface area (Å²) in [5.41, 5.74) is 11.4. The minimum atomic E-state index is 1.05. The number of fused-ring (bicyclic) bond motifs is 8. The van der Waals surface area contributed by atoms with Crippen LogP contribution in [0.1, 0.15) is 45.0 Å². The van der Waals surface area contributed by atoms with Crippen LogP contribution in [0, 0.1) is 13.8 Å². The van der Waals surface area contributed by atoms with E-state index in [-0.39, 0.29) is 0 Å². The van der Waals surface area contributed by atoms with Crippen molar-refractivity contribution in [2.24, 2.45) is 0 Å². The second-order valence-corrected chi connectivity index (χ2v) is 9.98. The third kappa shape index (κ3) is 3.87. The first-order valence-electron chi connectivity index (χ1n) is 13.0. The zero-order valence-electron chi connectivity index (χ0n) is 21.4. The molecule has 1 aliphatic heterocycles. The molecule has 7 rings (SSSR count). The molecule has 0 saturated carbocycles. The first kappa shape index (κ1) is 22.3. The average Bonchev–Trinajstić information content (AvgIpc) is 3.72. The van der Waals surface area contributed by atoms with E-state index in [1.807, 2.05) is 0 Å². The van der Waals surface area contributed by atoms with Crippen molar-refractivity contribution < 1.29 is 0 Å². The van der Waals surface area contributed by atoms with Crippen LogP contribution in [0.5, 0.6) is 0 Å². The average molecular weight is 493 g/mol. The molecule has 2 aromatic carbocycles. The Morgan fingerprint density at radius 3 is 1.32 bits per heavy atom. The van der Waals surface area contributed by atoms with Gasteiger partial charge in [0, 0.05) is 55.3 Å². The van der Waals surface area contributed by atoms with Crippen molar-refractivity contribution in [2.75, 3.05) is 0 Å². The zero-order chi connectivity index (χ0) is 25.6. The van der Waals surface area contributed by atoms with Crippen molar-refractivity contribution in [1.29, 1.82) is 0 Å². The second kappa shape index (κ2) is 8.86. The number of nitrogens with one attached hydrogen (secondary N) is 4. The topological polar surface area (TPSA) is 63.2 Å². The van der Waals surface area contributed by atoms with E-state index in [1.54, 1.807) is 0 Å². The molecule has 0 fully saturated rings. The van der Waals surface area contributed by atoms with Crippen molar-refractivity contribution in [3.8, 4) is 0 Å². The highest BCUT2D eigenvalue weighted by atomic mass is 14.8. The maximum absolute atomic E-state index is 3.67. The molecule has 0 radical (unpaired) electrons. The van der Waals surface area contributed by atoms with Crippen LogP contribution in [0.15, 0.2) is 97.1 Å². The van der Waals surface area contributed by atoms with E-state index in [4.69, 9.17) is 0 Å². The molecule has 0 spiro atoms. The van der Waals surface area contributed by atoms with E-state index in [0.29, 0.717) is 0 Å². The molecule has 0 atom stereocenters. The van der Waals surface area contributed by atoms with Gasteiger partial charge in [-0.2, -0.15) is 0 Å². The Labute approximate surface area is 220 Å². The summed E-state index contributed by atoms with van der Waals surface area (Å²) < 4.78 is 0. The number of aryl methyl sites for hydroxylation is 2. The number of H-pyrrole nitrogens is 4. The maximum Gasteiger partial charge on any atom is 0.0485 e. The van der Waals surface area contributed by atoms with Gasteiger partial charge < -0.3 is 19.9 Å². The fraction of sp³-hybridized carbons (Fsp3) is 0.0588. The standard InChI is InChI=1S/C34H28N4/c1-21-7-3-5-9-27(21)33-29-15-11-23(35-29)19-25-13-17-31(37-25)34(28-10-6-4-8-22(28)2)32-18-14-26(38-32)20-24-12-16-30(33)36-24/h3-20,35-38H,1-2H3. The summed E-state index contributed by atoms with van der Waals surface area (Å²) >= 11 is 0. The number of hydrogen-bond donors (Lipinski definition) is 4. The molecule has 8 bridgehead atoms. The van der Waals surface area contributed by atoms with Gasteiger partial charge in [0.15, 0.2) is 0 Å². The second-order valence-electron chi connectivity index (χ2n) is 9.98.